The van der Waals surface area contributed by atoms with Crippen LogP contribution in [0.1, 0.15) is 11.1 Å². The van der Waals surface area contributed by atoms with Crippen LogP contribution in [-0.2, 0) is 22.4 Å². The van der Waals surface area contributed by atoms with Crippen LogP contribution in [0, 0.1) is 15.9 Å². The fraction of sp³-hybridized carbons (Fsp3) is 0.273. The molecular weight excluding hydrogens is 403 g/mol. The van der Waals surface area contributed by atoms with Crippen LogP contribution >= 0.6 is 0 Å². The predicted molar refractivity (Wildman–Crippen MR) is 112 cm³/mol. The third-order valence-corrected chi connectivity index (χ3v) is 5.92. The molecule has 1 aliphatic rings. The van der Waals surface area contributed by atoms with E-state index in [4.69, 9.17) is 0 Å². The molecule has 1 aliphatic heterocycles. The van der Waals surface area contributed by atoms with E-state index < -0.39 is 17.0 Å². The molecule has 4 rings (SSSR count). The molecule has 2 atom stereocenters. The van der Waals surface area contributed by atoms with Crippen molar-refractivity contribution in [3.8, 4) is 0 Å². The number of likely N-dealkylation sites (N-methyl/N-ethyl adjacent to an activating group) is 2. The average molecular weight is 424 g/mol. The number of hydrogen-bond acceptors (Lipinski definition) is 4. The number of carbonyl (C=O) groups excluding carboxylic acids is 2. The highest BCUT2D eigenvalue weighted by molar-refractivity contribution is 5.98. The van der Waals surface area contributed by atoms with Crippen LogP contribution in [0.25, 0.3) is 10.9 Å². The number of hydrogen-bond donors (Lipinski definition) is 1. The second-order valence-corrected chi connectivity index (χ2v) is 7.74. The van der Waals surface area contributed by atoms with Gasteiger partial charge in [0.2, 0.25) is 11.8 Å². The Morgan fingerprint density at radius 1 is 1.00 bits per heavy atom. The second-order valence-electron chi connectivity index (χ2n) is 7.74. The molecule has 1 saturated heterocycles. The van der Waals surface area contributed by atoms with Crippen molar-refractivity contribution < 1.29 is 18.9 Å². The van der Waals surface area contributed by atoms with Crippen molar-refractivity contribution in [2.24, 2.45) is 0 Å². The average Bonchev–Trinajstić information content (AvgIpc) is 3.17. The first kappa shape index (κ1) is 20.5. The molecule has 2 amide bonds. The van der Waals surface area contributed by atoms with Crippen LogP contribution in [0.15, 0.2) is 48.7 Å². The monoisotopic (exact) mass is 424 g/mol. The van der Waals surface area contributed by atoms with Crippen molar-refractivity contribution in [2.75, 3.05) is 14.1 Å². The lowest BCUT2D eigenvalue weighted by atomic mass is 9.95. The highest BCUT2D eigenvalue weighted by atomic mass is 19.1. The van der Waals surface area contributed by atoms with E-state index in [0.29, 0.717) is 16.5 Å². The van der Waals surface area contributed by atoms with Gasteiger partial charge in [-0.25, -0.2) is 4.39 Å². The van der Waals surface area contributed by atoms with Crippen LogP contribution in [0.5, 0.6) is 0 Å². The Bertz CT molecular complexity index is 1170. The van der Waals surface area contributed by atoms with E-state index in [2.05, 4.69) is 4.98 Å². The number of nitrogens with one attached hydrogen (secondary N) is 1. The second kappa shape index (κ2) is 7.82. The molecule has 0 bridgehead atoms. The number of halogens is 1. The first-order valence-corrected chi connectivity index (χ1v) is 9.79. The molecule has 0 spiro atoms. The lowest BCUT2D eigenvalue weighted by molar-refractivity contribution is -0.383. The molecular formula is C22H21FN4O4. The molecule has 160 valence electrons. The number of non-ortho nitro benzene ring substituents is 1. The molecule has 3 aromatic rings. The highest BCUT2D eigenvalue weighted by Crippen LogP contribution is 2.31. The summed E-state index contributed by atoms with van der Waals surface area (Å²) in [4.78, 5) is 43.0. The van der Waals surface area contributed by atoms with Gasteiger partial charge in [0.15, 0.2) is 0 Å². The van der Waals surface area contributed by atoms with Gasteiger partial charge in [-0.15, -0.1) is 0 Å². The van der Waals surface area contributed by atoms with Crippen molar-refractivity contribution in [3.05, 3.63) is 75.7 Å². The van der Waals surface area contributed by atoms with Crippen molar-refractivity contribution in [1.29, 1.82) is 0 Å². The number of aromatic amines is 1. The standard InChI is InChI=1S/C22H21FN4O4/c1-25-18(10-13-6-8-15(23)9-7-13)21(28)26(2)19(22(25)29)11-14-12-24-16-4-3-5-17(20(14)16)27(30)31/h3-9,12,18-19,24H,10-11H2,1-2H3/t18-,19-/m0/s1. The number of H-pyrrole nitrogens is 1. The van der Waals surface area contributed by atoms with E-state index in [9.17, 15) is 24.1 Å². The summed E-state index contributed by atoms with van der Waals surface area (Å²) >= 11 is 0. The molecule has 1 N–H and O–H groups in total. The zero-order valence-corrected chi connectivity index (χ0v) is 17.0. The minimum Gasteiger partial charge on any atom is -0.361 e. The fourth-order valence-electron chi connectivity index (χ4n) is 4.16. The third-order valence-electron chi connectivity index (χ3n) is 5.92. The summed E-state index contributed by atoms with van der Waals surface area (Å²) in [6, 6.07) is 9.10. The number of nitrogens with zero attached hydrogens (tertiary/aromatic N) is 3. The lowest BCUT2D eigenvalue weighted by Gasteiger charge is -2.42. The van der Waals surface area contributed by atoms with Crippen LogP contribution in [0.2, 0.25) is 0 Å². The van der Waals surface area contributed by atoms with Gasteiger partial charge in [0.1, 0.15) is 17.9 Å². The Kier molecular flexibility index (Phi) is 5.18. The largest absolute Gasteiger partial charge is 0.361 e. The number of amides is 2. The minimum atomic E-state index is -0.777. The number of piperazine rings is 1. The van der Waals surface area contributed by atoms with Crippen molar-refractivity contribution in [2.45, 2.75) is 24.9 Å². The molecule has 0 radical (unpaired) electrons. The molecule has 9 heteroatoms. The summed E-state index contributed by atoms with van der Waals surface area (Å²) in [5.41, 5.74) is 1.90. The van der Waals surface area contributed by atoms with Gasteiger partial charge in [-0.05, 0) is 29.3 Å². The van der Waals surface area contributed by atoms with Crippen LogP contribution in [0.3, 0.4) is 0 Å². The van der Waals surface area contributed by atoms with Gasteiger partial charge in [0.25, 0.3) is 5.69 Å². The Labute approximate surface area is 177 Å². The number of rotatable bonds is 5. The topological polar surface area (TPSA) is 99.5 Å². The molecule has 0 aliphatic carbocycles. The Morgan fingerprint density at radius 3 is 2.23 bits per heavy atom. The van der Waals surface area contributed by atoms with Gasteiger partial charge in [-0.1, -0.05) is 18.2 Å². The van der Waals surface area contributed by atoms with Crippen molar-refractivity contribution in [1.82, 2.24) is 14.8 Å². The van der Waals surface area contributed by atoms with Gasteiger partial charge in [0, 0.05) is 39.2 Å². The fourth-order valence-corrected chi connectivity index (χ4v) is 4.16. The van der Waals surface area contributed by atoms with Gasteiger partial charge < -0.3 is 14.8 Å². The van der Waals surface area contributed by atoms with E-state index in [-0.39, 0.29) is 36.2 Å². The van der Waals surface area contributed by atoms with Crippen LogP contribution in [-0.4, -0.2) is 57.7 Å². The normalized spacial score (nSPS) is 19.3. The molecule has 8 nitrogen and oxygen atoms in total. The maximum Gasteiger partial charge on any atom is 0.279 e. The molecule has 1 fully saturated rings. The summed E-state index contributed by atoms with van der Waals surface area (Å²) in [6.07, 6.45) is 2.07. The number of aromatic nitrogens is 1. The maximum atomic E-state index is 13.2. The van der Waals surface area contributed by atoms with E-state index in [1.54, 1.807) is 44.6 Å². The molecule has 2 aromatic carbocycles. The number of nitro benzene ring substituents is 1. The summed E-state index contributed by atoms with van der Waals surface area (Å²) in [5.74, 6) is -0.846. The number of fused-ring (bicyclic) bond motifs is 1. The number of benzene rings is 2. The SMILES string of the molecule is CN1C(=O)[C@H](Cc2c[nH]c3cccc([N+](=O)[O-])c23)N(C)C(=O)[C@@H]1Cc1ccc(F)cc1. The molecule has 0 unspecified atom stereocenters. The first-order valence-electron chi connectivity index (χ1n) is 9.79. The maximum absolute atomic E-state index is 13.2. The smallest absolute Gasteiger partial charge is 0.279 e. The van der Waals surface area contributed by atoms with Crippen LogP contribution < -0.4 is 0 Å². The van der Waals surface area contributed by atoms with E-state index >= 15 is 0 Å². The number of carbonyl (C=O) groups is 2. The summed E-state index contributed by atoms with van der Waals surface area (Å²) < 4.78 is 13.2. The lowest BCUT2D eigenvalue weighted by Crippen LogP contribution is -2.63. The Balaban J connectivity index is 1.61. The van der Waals surface area contributed by atoms with Gasteiger partial charge in [-0.2, -0.15) is 0 Å². The highest BCUT2D eigenvalue weighted by Gasteiger charge is 2.42. The van der Waals surface area contributed by atoms with Crippen molar-refractivity contribution >= 4 is 28.4 Å². The van der Waals surface area contributed by atoms with Gasteiger partial charge in [-0.3, -0.25) is 19.7 Å². The third kappa shape index (κ3) is 3.63. The van der Waals surface area contributed by atoms with Gasteiger partial charge in [0.05, 0.1) is 15.8 Å². The van der Waals surface area contributed by atoms with E-state index in [1.165, 1.54) is 28.0 Å². The van der Waals surface area contributed by atoms with Gasteiger partial charge >= 0.3 is 0 Å². The molecule has 1 aromatic heterocycles. The predicted octanol–water partition coefficient (Wildman–Crippen LogP) is 2.67. The van der Waals surface area contributed by atoms with E-state index in [0.717, 1.165) is 5.56 Å². The quantitative estimate of drug-likeness (QED) is 0.503. The Morgan fingerprint density at radius 2 is 1.61 bits per heavy atom. The Hall–Kier alpha value is -3.75. The molecule has 0 saturated carbocycles. The van der Waals surface area contributed by atoms with Crippen molar-refractivity contribution in [3.63, 3.8) is 0 Å². The first-order chi connectivity index (χ1) is 14.8. The minimum absolute atomic E-state index is 0.0477. The summed E-state index contributed by atoms with van der Waals surface area (Å²) in [5, 5.41) is 11.9. The summed E-state index contributed by atoms with van der Waals surface area (Å²) in [6.45, 7) is 0. The number of nitro groups is 1. The zero-order valence-electron chi connectivity index (χ0n) is 17.0. The summed E-state index contributed by atoms with van der Waals surface area (Å²) in [7, 11) is 3.14. The zero-order chi connectivity index (χ0) is 22.3. The molecule has 31 heavy (non-hydrogen) atoms. The van der Waals surface area contributed by atoms with Crippen LogP contribution in [0.4, 0.5) is 10.1 Å². The molecule has 2 heterocycles. The van der Waals surface area contributed by atoms with E-state index in [1.807, 2.05) is 0 Å².